The van der Waals surface area contributed by atoms with Crippen LogP contribution in [0.25, 0.3) is 10.8 Å². The van der Waals surface area contributed by atoms with Gasteiger partial charge in [0, 0.05) is 11.1 Å². The normalized spacial score (nSPS) is 10.7. The molecular weight excluding hydrogens is 405 g/mol. The van der Waals surface area contributed by atoms with Crippen molar-refractivity contribution >= 4 is 34.0 Å². The second-order valence-corrected chi connectivity index (χ2v) is 6.58. The maximum atomic E-state index is 14.1. The predicted molar refractivity (Wildman–Crippen MR) is 110 cm³/mol. The molecule has 0 atom stereocenters. The number of carbonyl (C=O) groups excluding carboxylic acids is 2. The molecular formula is C20H16FN7O3. The van der Waals surface area contributed by atoms with E-state index in [2.05, 4.69) is 25.8 Å². The molecule has 0 aliphatic rings. The van der Waals surface area contributed by atoms with Crippen LogP contribution in [0.4, 0.5) is 15.8 Å². The summed E-state index contributed by atoms with van der Waals surface area (Å²) in [6.07, 6.45) is 4.14. The summed E-state index contributed by atoms with van der Waals surface area (Å²) in [7, 11) is 0. The Morgan fingerprint density at radius 1 is 1.00 bits per heavy atom. The van der Waals surface area contributed by atoms with Crippen molar-refractivity contribution in [2.24, 2.45) is 0 Å². The zero-order chi connectivity index (χ0) is 21.8. The van der Waals surface area contributed by atoms with Gasteiger partial charge in [-0.25, -0.2) is 18.7 Å². The number of nitrogens with one attached hydrogen (secondary N) is 2. The first-order valence-electron chi connectivity index (χ1n) is 9.16. The number of amides is 2. The molecule has 0 radical (unpaired) electrons. The monoisotopic (exact) mass is 421 g/mol. The van der Waals surface area contributed by atoms with Gasteiger partial charge in [-0.1, -0.05) is 18.2 Å². The van der Waals surface area contributed by atoms with Gasteiger partial charge in [0.1, 0.15) is 31.6 Å². The molecule has 2 N–H and O–H groups in total. The summed E-state index contributed by atoms with van der Waals surface area (Å²) in [5.74, 6) is -1.71. The summed E-state index contributed by atoms with van der Waals surface area (Å²) in [6.45, 7) is -0.471. The highest BCUT2D eigenvalue weighted by Gasteiger charge is 2.12. The van der Waals surface area contributed by atoms with E-state index in [1.54, 1.807) is 24.3 Å². The van der Waals surface area contributed by atoms with Crippen LogP contribution in [0.5, 0.6) is 0 Å². The molecule has 0 aliphatic carbocycles. The maximum Gasteiger partial charge on any atom is 0.275 e. The van der Waals surface area contributed by atoms with Crippen molar-refractivity contribution in [1.29, 1.82) is 0 Å². The van der Waals surface area contributed by atoms with E-state index in [-0.39, 0.29) is 24.5 Å². The van der Waals surface area contributed by atoms with Gasteiger partial charge in [-0.15, -0.1) is 0 Å². The van der Waals surface area contributed by atoms with Crippen LogP contribution in [-0.2, 0) is 22.7 Å². The summed E-state index contributed by atoms with van der Waals surface area (Å²) >= 11 is 0. The highest BCUT2D eigenvalue weighted by molar-refractivity contribution is 5.94. The van der Waals surface area contributed by atoms with Crippen molar-refractivity contribution < 1.29 is 14.0 Å². The Morgan fingerprint density at radius 3 is 2.61 bits per heavy atom. The molecule has 0 aliphatic heterocycles. The molecule has 2 aromatic carbocycles. The number of nitrogens with zero attached hydrogens (tertiary/aromatic N) is 5. The van der Waals surface area contributed by atoms with Crippen LogP contribution in [0, 0.1) is 5.82 Å². The molecule has 0 saturated heterocycles. The van der Waals surface area contributed by atoms with E-state index in [9.17, 15) is 18.8 Å². The fraction of sp³-hybridized carbons (Fsp3) is 0.100. The van der Waals surface area contributed by atoms with Crippen LogP contribution in [0.15, 0.2) is 66.1 Å². The fourth-order valence-corrected chi connectivity index (χ4v) is 2.93. The lowest BCUT2D eigenvalue weighted by molar-refractivity contribution is -0.117. The Labute approximate surface area is 174 Å². The molecule has 11 heteroatoms. The first-order chi connectivity index (χ1) is 15.0. The fourth-order valence-electron chi connectivity index (χ4n) is 2.93. The number of hydrogen-bond donors (Lipinski definition) is 2. The third-order valence-corrected chi connectivity index (χ3v) is 4.35. The lowest BCUT2D eigenvalue weighted by atomic mass is 10.2. The number of aromatic nitrogens is 5. The van der Waals surface area contributed by atoms with Gasteiger partial charge in [0.15, 0.2) is 0 Å². The Bertz CT molecular complexity index is 1320. The van der Waals surface area contributed by atoms with Gasteiger partial charge in [-0.2, -0.15) is 10.2 Å². The maximum absolute atomic E-state index is 14.1. The van der Waals surface area contributed by atoms with Gasteiger partial charge >= 0.3 is 0 Å². The molecule has 4 rings (SSSR count). The lowest BCUT2D eigenvalue weighted by Gasteiger charge is -2.11. The molecule has 0 spiro atoms. The van der Waals surface area contributed by atoms with Gasteiger partial charge in [-0.3, -0.25) is 14.4 Å². The average Bonchev–Trinajstić information content (AvgIpc) is 3.25. The predicted octanol–water partition coefficient (Wildman–Crippen LogP) is 1.40. The van der Waals surface area contributed by atoms with Gasteiger partial charge < -0.3 is 10.6 Å². The quantitative estimate of drug-likeness (QED) is 0.485. The van der Waals surface area contributed by atoms with Crippen LogP contribution in [-0.4, -0.2) is 36.4 Å². The first kappa shape index (κ1) is 19.9. The molecule has 2 heterocycles. The van der Waals surface area contributed by atoms with E-state index in [0.717, 1.165) is 10.7 Å². The van der Waals surface area contributed by atoms with Crippen LogP contribution in [0.2, 0.25) is 0 Å². The third kappa shape index (κ3) is 4.61. The molecule has 10 nitrogen and oxygen atoms in total. The van der Waals surface area contributed by atoms with Crippen LogP contribution in [0.1, 0.15) is 0 Å². The Balaban J connectivity index is 1.45. The van der Waals surface area contributed by atoms with Crippen molar-refractivity contribution in [3.63, 3.8) is 0 Å². The second kappa shape index (κ2) is 8.53. The van der Waals surface area contributed by atoms with E-state index in [0.29, 0.717) is 10.8 Å². The van der Waals surface area contributed by atoms with Crippen molar-refractivity contribution in [1.82, 2.24) is 24.5 Å². The lowest BCUT2D eigenvalue weighted by Crippen LogP contribution is -2.29. The number of anilines is 2. The second-order valence-electron chi connectivity index (χ2n) is 6.58. The highest BCUT2D eigenvalue weighted by atomic mass is 19.1. The van der Waals surface area contributed by atoms with Gasteiger partial charge in [0.25, 0.3) is 5.56 Å². The van der Waals surface area contributed by atoms with Crippen LogP contribution in [0.3, 0.4) is 0 Å². The summed E-state index contributed by atoms with van der Waals surface area (Å²) in [4.78, 5) is 40.6. The third-order valence-electron chi connectivity index (χ3n) is 4.35. The SMILES string of the molecule is O=C(Cn1ncc2ccccc2c1=O)Nc1ccc(F)c(NC(=O)Cn2cncn2)c1. The van der Waals surface area contributed by atoms with Gasteiger partial charge in [0.2, 0.25) is 11.8 Å². The largest absolute Gasteiger partial charge is 0.324 e. The molecule has 4 aromatic rings. The molecule has 2 amide bonds. The van der Waals surface area contributed by atoms with Crippen LogP contribution >= 0.6 is 0 Å². The van der Waals surface area contributed by atoms with Gasteiger partial charge in [-0.05, 0) is 24.3 Å². The molecule has 0 fully saturated rings. The van der Waals surface area contributed by atoms with Crippen molar-refractivity contribution in [3.8, 4) is 0 Å². The minimum Gasteiger partial charge on any atom is -0.324 e. The van der Waals surface area contributed by atoms with Crippen molar-refractivity contribution in [3.05, 3.63) is 77.5 Å². The van der Waals surface area contributed by atoms with E-state index in [4.69, 9.17) is 0 Å². The zero-order valence-corrected chi connectivity index (χ0v) is 16.0. The number of halogens is 1. The van der Waals surface area contributed by atoms with Crippen molar-refractivity contribution in [2.45, 2.75) is 13.1 Å². The van der Waals surface area contributed by atoms with E-state index in [1.807, 2.05) is 0 Å². The summed E-state index contributed by atoms with van der Waals surface area (Å²) < 4.78 is 16.4. The Morgan fingerprint density at radius 2 is 1.81 bits per heavy atom. The molecule has 0 saturated carbocycles. The number of carbonyl (C=O) groups is 2. The minimum atomic E-state index is -0.669. The zero-order valence-electron chi connectivity index (χ0n) is 16.0. The Kier molecular flexibility index (Phi) is 5.47. The molecule has 0 unspecified atom stereocenters. The topological polar surface area (TPSA) is 124 Å². The number of benzene rings is 2. The number of fused-ring (bicyclic) bond motifs is 1. The average molecular weight is 421 g/mol. The summed E-state index contributed by atoms with van der Waals surface area (Å²) in [5, 5.41) is 13.9. The van der Waals surface area contributed by atoms with Crippen molar-refractivity contribution in [2.75, 3.05) is 10.6 Å². The Hall–Kier alpha value is -4.41. The molecule has 156 valence electrons. The van der Waals surface area contributed by atoms with E-state index < -0.39 is 23.2 Å². The summed E-state index contributed by atoms with van der Waals surface area (Å²) in [6, 6.07) is 10.7. The first-order valence-corrected chi connectivity index (χ1v) is 9.16. The van der Waals surface area contributed by atoms with Gasteiger partial charge in [0.05, 0.1) is 17.3 Å². The molecule has 2 aromatic heterocycles. The van der Waals surface area contributed by atoms with E-state index in [1.165, 1.54) is 35.7 Å². The molecule has 0 bridgehead atoms. The number of hydrogen-bond acceptors (Lipinski definition) is 6. The number of rotatable bonds is 6. The molecule has 31 heavy (non-hydrogen) atoms. The highest BCUT2D eigenvalue weighted by Crippen LogP contribution is 2.20. The smallest absolute Gasteiger partial charge is 0.275 e. The summed E-state index contributed by atoms with van der Waals surface area (Å²) in [5.41, 5.74) is -0.256. The minimum absolute atomic E-state index is 0.107. The van der Waals surface area contributed by atoms with Crippen LogP contribution < -0.4 is 16.2 Å². The van der Waals surface area contributed by atoms with E-state index >= 15 is 0 Å². The standard InChI is InChI=1S/C20H16FN7O3/c21-16-6-5-14(7-17(16)26-18(29)9-27-12-22-11-24-27)25-19(30)10-28-20(31)15-4-2-1-3-13(15)8-23-28/h1-8,11-12H,9-10H2,(H,25,30)(H,26,29).